The van der Waals surface area contributed by atoms with Crippen molar-refractivity contribution in [3.05, 3.63) is 89.5 Å². The lowest BCUT2D eigenvalue weighted by atomic mass is 9.81. The van der Waals surface area contributed by atoms with Gasteiger partial charge in [0.2, 0.25) is 0 Å². The van der Waals surface area contributed by atoms with E-state index >= 15 is 0 Å². The van der Waals surface area contributed by atoms with Crippen LogP contribution >= 0.6 is 0 Å². The number of guanidine groups is 1. The molecule has 1 heterocycles. The van der Waals surface area contributed by atoms with Crippen LogP contribution in [-0.4, -0.2) is 43.9 Å². The molecule has 170 valence electrons. The van der Waals surface area contributed by atoms with E-state index in [1.807, 2.05) is 48.5 Å². The van der Waals surface area contributed by atoms with E-state index in [9.17, 15) is 17.8 Å². The second-order valence-electron chi connectivity index (χ2n) is 7.79. The Balaban J connectivity index is 1.89. The Morgan fingerprint density at radius 3 is 2.30 bits per heavy atom. The molecule has 4 rings (SSSR count). The molecule has 9 heteroatoms. The molecule has 0 radical (unpaired) electrons. The van der Waals surface area contributed by atoms with Gasteiger partial charge in [-0.3, -0.25) is 14.2 Å². The first kappa shape index (κ1) is 22.5. The monoisotopic (exact) mass is 465 g/mol. The predicted octanol–water partition coefficient (Wildman–Crippen LogP) is 2.78. The molecule has 0 bridgehead atoms. The van der Waals surface area contributed by atoms with Gasteiger partial charge in [0.15, 0.2) is 11.5 Å². The topological polar surface area (TPSA) is 122 Å². The Labute approximate surface area is 192 Å². The van der Waals surface area contributed by atoms with Gasteiger partial charge >= 0.3 is 0 Å². The van der Waals surface area contributed by atoms with E-state index in [0.717, 1.165) is 5.56 Å². The van der Waals surface area contributed by atoms with Gasteiger partial charge in [-0.25, -0.2) is 4.99 Å². The van der Waals surface area contributed by atoms with E-state index in [1.54, 1.807) is 31.3 Å². The number of benzene rings is 3. The minimum absolute atomic E-state index is 0.117. The molecular formula is C24H23N3O5S. The SMILES string of the molecule is COc1cc(CS(=O)(=O)O)cc(-c2cccc(C3(c4ccccc4)N=C(N)N(C)C3=O)c2)c1. The predicted molar refractivity (Wildman–Crippen MR) is 125 cm³/mol. The Morgan fingerprint density at radius 2 is 1.70 bits per heavy atom. The maximum absolute atomic E-state index is 13.4. The Morgan fingerprint density at radius 1 is 1.00 bits per heavy atom. The number of nitrogens with zero attached hydrogens (tertiary/aromatic N) is 2. The molecule has 3 aromatic rings. The summed E-state index contributed by atoms with van der Waals surface area (Å²) < 4.78 is 37.4. The number of hydrogen-bond donors (Lipinski definition) is 2. The molecule has 1 aliphatic heterocycles. The van der Waals surface area contributed by atoms with Crippen molar-refractivity contribution in [1.29, 1.82) is 0 Å². The molecule has 1 amide bonds. The smallest absolute Gasteiger partial charge is 0.269 e. The number of hydrogen-bond acceptors (Lipinski definition) is 6. The number of aliphatic imine (C=N–C) groups is 1. The summed E-state index contributed by atoms with van der Waals surface area (Å²) in [5.74, 6) is -0.269. The summed E-state index contributed by atoms with van der Waals surface area (Å²) >= 11 is 0. The van der Waals surface area contributed by atoms with Crippen molar-refractivity contribution in [2.45, 2.75) is 11.3 Å². The molecule has 3 aromatic carbocycles. The zero-order chi connectivity index (χ0) is 23.8. The van der Waals surface area contributed by atoms with Crippen LogP contribution in [0.4, 0.5) is 0 Å². The molecule has 1 unspecified atom stereocenters. The molecule has 1 atom stereocenters. The first-order valence-corrected chi connectivity index (χ1v) is 11.7. The van der Waals surface area contributed by atoms with Crippen LogP contribution in [0.2, 0.25) is 0 Å². The van der Waals surface area contributed by atoms with E-state index in [4.69, 9.17) is 10.5 Å². The Hall–Kier alpha value is -3.69. The third-order valence-electron chi connectivity index (χ3n) is 5.60. The molecule has 8 nitrogen and oxygen atoms in total. The van der Waals surface area contributed by atoms with Gasteiger partial charge in [-0.05, 0) is 52.1 Å². The second kappa shape index (κ2) is 8.34. The zero-order valence-electron chi connectivity index (χ0n) is 18.1. The third-order valence-corrected chi connectivity index (χ3v) is 6.29. The van der Waals surface area contributed by atoms with Gasteiger partial charge in [-0.15, -0.1) is 0 Å². The first-order chi connectivity index (χ1) is 15.6. The van der Waals surface area contributed by atoms with Crippen LogP contribution in [0.3, 0.4) is 0 Å². The summed E-state index contributed by atoms with van der Waals surface area (Å²) in [7, 11) is -1.17. The quantitative estimate of drug-likeness (QED) is 0.540. The Kier molecular flexibility index (Phi) is 5.69. The number of nitrogens with two attached hydrogens (primary N) is 1. The molecule has 0 spiro atoms. The third kappa shape index (κ3) is 4.20. The highest BCUT2D eigenvalue weighted by molar-refractivity contribution is 7.85. The highest BCUT2D eigenvalue weighted by Gasteiger charge is 2.49. The van der Waals surface area contributed by atoms with Gasteiger partial charge < -0.3 is 10.5 Å². The lowest BCUT2D eigenvalue weighted by molar-refractivity contribution is -0.129. The van der Waals surface area contributed by atoms with Gasteiger partial charge in [0.1, 0.15) is 11.5 Å². The summed E-state index contributed by atoms with van der Waals surface area (Å²) in [6.45, 7) is 0. The number of methoxy groups -OCH3 is 1. The van der Waals surface area contributed by atoms with E-state index in [0.29, 0.717) is 28.0 Å². The van der Waals surface area contributed by atoms with Crippen LogP contribution in [0, 0.1) is 0 Å². The Bertz CT molecular complexity index is 1360. The molecule has 33 heavy (non-hydrogen) atoms. The molecule has 0 fully saturated rings. The average molecular weight is 466 g/mol. The molecule has 1 aliphatic rings. The minimum Gasteiger partial charge on any atom is -0.497 e. The highest BCUT2D eigenvalue weighted by Crippen LogP contribution is 2.40. The number of rotatable bonds is 6. The molecule has 0 saturated heterocycles. The van der Waals surface area contributed by atoms with E-state index < -0.39 is 21.4 Å². The molecular weight excluding hydrogens is 442 g/mol. The lowest BCUT2D eigenvalue weighted by Gasteiger charge is -2.26. The number of carbonyl (C=O) groups is 1. The van der Waals surface area contributed by atoms with Crippen LogP contribution in [0.25, 0.3) is 11.1 Å². The second-order valence-corrected chi connectivity index (χ2v) is 9.24. The number of carbonyl (C=O) groups excluding carboxylic acids is 1. The van der Waals surface area contributed by atoms with E-state index in [-0.39, 0.29) is 11.9 Å². The fraction of sp³-hybridized carbons (Fsp3) is 0.167. The van der Waals surface area contributed by atoms with Crippen LogP contribution in [-0.2, 0) is 26.2 Å². The van der Waals surface area contributed by atoms with Gasteiger partial charge in [0, 0.05) is 7.05 Å². The molecule has 0 aliphatic carbocycles. The minimum atomic E-state index is -4.23. The maximum Gasteiger partial charge on any atom is 0.269 e. The van der Waals surface area contributed by atoms with Crippen LogP contribution in [0.1, 0.15) is 16.7 Å². The van der Waals surface area contributed by atoms with Gasteiger partial charge in [-0.1, -0.05) is 48.5 Å². The van der Waals surface area contributed by atoms with Gasteiger partial charge in [0.05, 0.1) is 7.11 Å². The van der Waals surface area contributed by atoms with Crippen LogP contribution in [0.5, 0.6) is 5.75 Å². The molecule has 3 N–H and O–H groups in total. The van der Waals surface area contributed by atoms with Crippen molar-refractivity contribution in [3.8, 4) is 16.9 Å². The number of ether oxygens (including phenoxy) is 1. The van der Waals surface area contributed by atoms with Crippen molar-refractivity contribution in [2.24, 2.45) is 10.7 Å². The van der Waals surface area contributed by atoms with E-state index in [2.05, 4.69) is 4.99 Å². The average Bonchev–Trinajstić information content (AvgIpc) is 3.03. The number of amides is 1. The van der Waals surface area contributed by atoms with Gasteiger partial charge in [0.25, 0.3) is 16.0 Å². The summed E-state index contributed by atoms with van der Waals surface area (Å²) in [6, 6.07) is 21.4. The largest absolute Gasteiger partial charge is 0.497 e. The fourth-order valence-corrected chi connectivity index (χ4v) is 4.61. The van der Waals surface area contributed by atoms with Crippen molar-refractivity contribution >= 4 is 22.0 Å². The van der Waals surface area contributed by atoms with Gasteiger partial charge in [-0.2, -0.15) is 8.42 Å². The van der Waals surface area contributed by atoms with Crippen molar-refractivity contribution < 1.29 is 22.5 Å². The fourth-order valence-electron chi connectivity index (χ4n) is 4.03. The van der Waals surface area contributed by atoms with Crippen molar-refractivity contribution in [2.75, 3.05) is 14.2 Å². The van der Waals surface area contributed by atoms with Crippen LogP contribution < -0.4 is 10.5 Å². The van der Waals surface area contributed by atoms with E-state index in [1.165, 1.54) is 12.0 Å². The normalized spacial score (nSPS) is 18.3. The van der Waals surface area contributed by atoms with Crippen molar-refractivity contribution in [3.63, 3.8) is 0 Å². The highest BCUT2D eigenvalue weighted by atomic mass is 32.2. The first-order valence-electron chi connectivity index (χ1n) is 10.1. The zero-order valence-corrected chi connectivity index (χ0v) is 18.9. The van der Waals surface area contributed by atoms with Crippen LogP contribution in [0.15, 0.2) is 77.8 Å². The molecule has 0 aromatic heterocycles. The maximum atomic E-state index is 13.4. The lowest BCUT2D eigenvalue weighted by Crippen LogP contribution is -2.41. The van der Waals surface area contributed by atoms with Crippen molar-refractivity contribution in [1.82, 2.24) is 4.90 Å². The summed E-state index contributed by atoms with van der Waals surface area (Å²) in [5, 5.41) is 0. The summed E-state index contributed by atoms with van der Waals surface area (Å²) in [5.41, 5.74) is 7.74. The summed E-state index contributed by atoms with van der Waals surface area (Å²) in [6.07, 6.45) is 0. The summed E-state index contributed by atoms with van der Waals surface area (Å²) in [4.78, 5) is 19.3. The number of likely N-dealkylation sites (N-methyl/N-ethyl adjacent to an activating group) is 1. The molecule has 0 saturated carbocycles. The standard InChI is InChI=1S/C24H23N3O5S/c1-27-22(28)24(26-23(27)25,19-8-4-3-5-9-19)20-10-6-7-17(13-20)18-11-16(15-33(29,30)31)12-21(14-18)32-2/h3-14H,15H2,1-2H3,(H2,25,26)(H,29,30,31).